The number of hydrogen-bond acceptors (Lipinski definition) is 6. The molecule has 29 heavy (non-hydrogen) atoms. The maximum atomic E-state index is 13.7. The van der Waals surface area contributed by atoms with Crippen molar-refractivity contribution in [3.05, 3.63) is 54.0 Å². The summed E-state index contributed by atoms with van der Waals surface area (Å²) in [5, 5.41) is 0. The second-order valence-electron chi connectivity index (χ2n) is 6.42. The SMILES string of the molecule is CS(=O)(=O)N1CCN(S(=O)(=O)NCc2ccnc(Oc3ccccc3F)c2)CC1. The molecular formula is C17H21FN4O5S2. The molecule has 0 atom stereocenters. The molecule has 1 aromatic carbocycles. The zero-order chi connectivity index (χ0) is 21.1. The van der Waals surface area contributed by atoms with Crippen LogP contribution in [0.3, 0.4) is 0 Å². The minimum absolute atomic E-state index is 0.0153. The van der Waals surface area contributed by atoms with E-state index in [2.05, 4.69) is 9.71 Å². The molecule has 9 nitrogen and oxygen atoms in total. The third-order valence-corrected chi connectivity index (χ3v) is 7.17. The van der Waals surface area contributed by atoms with Crippen molar-refractivity contribution < 1.29 is 26.0 Å². The van der Waals surface area contributed by atoms with Crippen molar-refractivity contribution in [1.82, 2.24) is 18.3 Å². The Morgan fingerprint density at radius 1 is 1.07 bits per heavy atom. The number of rotatable bonds is 7. The third kappa shape index (κ3) is 5.70. The quantitative estimate of drug-likeness (QED) is 0.680. The predicted octanol–water partition coefficient (Wildman–Crippen LogP) is 0.925. The standard InChI is InChI=1S/C17H21FN4O5S2/c1-28(23,24)21-8-10-22(11-9-21)29(25,26)20-13-14-6-7-19-17(12-14)27-16-5-3-2-4-15(16)18/h2-7,12,20H,8-11,13H2,1H3. The molecule has 12 heteroatoms. The van der Waals surface area contributed by atoms with E-state index >= 15 is 0 Å². The van der Waals surface area contributed by atoms with E-state index in [1.165, 1.54) is 39.1 Å². The van der Waals surface area contributed by atoms with E-state index in [4.69, 9.17) is 4.74 Å². The highest BCUT2D eigenvalue weighted by Gasteiger charge is 2.29. The van der Waals surface area contributed by atoms with Crippen molar-refractivity contribution in [2.45, 2.75) is 6.54 Å². The van der Waals surface area contributed by atoms with Gasteiger partial charge in [-0.1, -0.05) is 12.1 Å². The van der Waals surface area contributed by atoms with Crippen LogP contribution in [0.15, 0.2) is 42.6 Å². The fraction of sp³-hybridized carbons (Fsp3) is 0.353. The zero-order valence-electron chi connectivity index (χ0n) is 15.7. The summed E-state index contributed by atoms with van der Waals surface area (Å²) in [6, 6.07) is 9.00. The van der Waals surface area contributed by atoms with Gasteiger partial charge in [0.25, 0.3) is 10.2 Å². The maximum absolute atomic E-state index is 13.7. The van der Waals surface area contributed by atoms with Gasteiger partial charge < -0.3 is 4.74 Å². The van der Waals surface area contributed by atoms with E-state index in [1.807, 2.05) is 0 Å². The Morgan fingerprint density at radius 3 is 2.38 bits per heavy atom. The molecule has 2 heterocycles. The largest absolute Gasteiger partial charge is 0.436 e. The molecule has 1 aliphatic rings. The van der Waals surface area contributed by atoms with E-state index in [0.29, 0.717) is 5.56 Å². The number of pyridine rings is 1. The first-order valence-corrected chi connectivity index (χ1v) is 12.0. The van der Waals surface area contributed by atoms with Gasteiger partial charge in [0.1, 0.15) is 0 Å². The van der Waals surface area contributed by atoms with Crippen LogP contribution in [0.2, 0.25) is 0 Å². The first-order chi connectivity index (χ1) is 13.6. The molecule has 2 aromatic rings. The lowest BCUT2D eigenvalue weighted by atomic mass is 10.3. The van der Waals surface area contributed by atoms with Crippen LogP contribution in [0.1, 0.15) is 5.56 Å². The number of nitrogens with zero attached hydrogens (tertiary/aromatic N) is 3. The topological polar surface area (TPSA) is 109 Å². The van der Waals surface area contributed by atoms with Crippen LogP contribution >= 0.6 is 0 Å². The molecule has 0 unspecified atom stereocenters. The number of hydrogen-bond donors (Lipinski definition) is 1. The van der Waals surface area contributed by atoms with Crippen LogP contribution in [-0.4, -0.2) is 62.9 Å². The van der Waals surface area contributed by atoms with Crippen LogP contribution in [0.5, 0.6) is 11.6 Å². The highest BCUT2D eigenvalue weighted by molar-refractivity contribution is 7.88. The third-order valence-electron chi connectivity index (χ3n) is 4.32. The summed E-state index contributed by atoms with van der Waals surface area (Å²) < 4.78 is 72.1. The first kappa shape index (κ1) is 21.6. The van der Waals surface area contributed by atoms with Crippen molar-refractivity contribution in [2.24, 2.45) is 0 Å². The number of sulfonamides is 1. The van der Waals surface area contributed by atoms with Crippen LogP contribution in [0.4, 0.5) is 4.39 Å². The average Bonchev–Trinajstić information content (AvgIpc) is 2.68. The van der Waals surface area contributed by atoms with Crippen molar-refractivity contribution in [3.63, 3.8) is 0 Å². The number of para-hydroxylation sites is 1. The van der Waals surface area contributed by atoms with E-state index in [9.17, 15) is 21.2 Å². The molecule has 0 bridgehead atoms. The monoisotopic (exact) mass is 444 g/mol. The van der Waals surface area contributed by atoms with Crippen LogP contribution in [-0.2, 0) is 26.8 Å². The number of ether oxygens (including phenoxy) is 1. The van der Waals surface area contributed by atoms with Crippen molar-refractivity contribution in [3.8, 4) is 11.6 Å². The van der Waals surface area contributed by atoms with E-state index in [1.54, 1.807) is 12.1 Å². The van der Waals surface area contributed by atoms with Crippen molar-refractivity contribution in [2.75, 3.05) is 32.4 Å². The minimum atomic E-state index is -3.79. The molecule has 1 aromatic heterocycles. The second kappa shape index (κ2) is 8.71. The van der Waals surface area contributed by atoms with Gasteiger partial charge in [-0.3, -0.25) is 0 Å². The Bertz CT molecular complexity index is 1070. The number of halogens is 1. The molecule has 0 saturated carbocycles. The Labute approximate surface area is 169 Å². The summed E-state index contributed by atoms with van der Waals surface area (Å²) >= 11 is 0. The van der Waals surface area contributed by atoms with Gasteiger partial charge in [0, 0.05) is 45.0 Å². The summed E-state index contributed by atoms with van der Waals surface area (Å²) in [4.78, 5) is 4.00. The highest BCUT2D eigenvalue weighted by atomic mass is 32.2. The van der Waals surface area contributed by atoms with Gasteiger partial charge in [0.2, 0.25) is 15.9 Å². The molecule has 1 N–H and O–H groups in total. The molecule has 3 rings (SSSR count). The summed E-state index contributed by atoms with van der Waals surface area (Å²) in [7, 11) is -7.13. The summed E-state index contributed by atoms with van der Waals surface area (Å²) in [6.07, 6.45) is 2.53. The molecule has 158 valence electrons. The molecule has 0 amide bonds. The Balaban J connectivity index is 1.60. The lowest BCUT2D eigenvalue weighted by Crippen LogP contribution is -2.52. The van der Waals surface area contributed by atoms with Crippen LogP contribution in [0, 0.1) is 5.82 Å². The van der Waals surface area contributed by atoms with Crippen LogP contribution < -0.4 is 9.46 Å². The summed E-state index contributed by atoms with van der Waals surface area (Å²) in [6.45, 7) is 0.330. The number of piperazine rings is 1. The lowest BCUT2D eigenvalue weighted by Gasteiger charge is -2.32. The Kier molecular flexibility index (Phi) is 6.49. The molecular weight excluding hydrogens is 423 g/mol. The van der Waals surface area contributed by atoms with Gasteiger partial charge in [0.05, 0.1) is 6.26 Å². The smallest absolute Gasteiger partial charge is 0.279 e. The van der Waals surface area contributed by atoms with Gasteiger partial charge in [-0.15, -0.1) is 0 Å². The second-order valence-corrected chi connectivity index (χ2v) is 10.2. The molecule has 1 aliphatic heterocycles. The van der Waals surface area contributed by atoms with Gasteiger partial charge in [-0.05, 0) is 23.8 Å². The normalized spacial score (nSPS) is 16.6. The Hall–Kier alpha value is -2.12. The fourth-order valence-electron chi connectivity index (χ4n) is 2.76. The van der Waals surface area contributed by atoms with E-state index in [-0.39, 0.29) is 44.4 Å². The average molecular weight is 445 g/mol. The molecule has 0 spiro atoms. The van der Waals surface area contributed by atoms with Crippen molar-refractivity contribution in [1.29, 1.82) is 0 Å². The predicted molar refractivity (Wildman–Crippen MR) is 104 cm³/mol. The molecule has 0 aliphatic carbocycles. The van der Waals surface area contributed by atoms with Crippen LogP contribution in [0.25, 0.3) is 0 Å². The maximum Gasteiger partial charge on any atom is 0.279 e. The van der Waals surface area contributed by atoms with Gasteiger partial charge in [-0.2, -0.15) is 21.8 Å². The molecule has 1 saturated heterocycles. The summed E-state index contributed by atoms with van der Waals surface area (Å²) in [5.41, 5.74) is 0.574. The molecule has 0 radical (unpaired) electrons. The lowest BCUT2D eigenvalue weighted by molar-refractivity contribution is 0.271. The first-order valence-electron chi connectivity index (χ1n) is 8.72. The highest BCUT2D eigenvalue weighted by Crippen LogP contribution is 2.23. The van der Waals surface area contributed by atoms with E-state index < -0.39 is 26.0 Å². The molecule has 1 fully saturated rings. The number of nitrogens with one attached hydrogen (secondary N) is 1. The Morgan fingerprint density at radius 2 is 1.72 bits per heavy atom. The summed E-state index contributed by atoms with van der Waals surface area (Å²) in [5.74, 6) is -0.385. The fourth-order valence-corrected chi connectivity index (χ4v) is 4.77. The zero-order valence-corrected chi connectivity index (χ0v) is 17.3. The number of aromatic nitrogens is 1. The number of benzene rings is 1. The van der Waals surface area contributed by atoms with Gasteiger partial charge in [0.15, 0.2) is 11.6 Å². The van der Waals surface area contributed by atoms with Crippen molar-refractivity contribution >= 4 is 20.2 Å². The van der Waals surface area contributed by atoms with E-state index in [0.717, 1.165) is 6.26 Å². The van der Waals surface area contributed by atoms with Gasteiger partial charge in [-0.25, -0.2) is 17.8 Å². The minimum Gasteiger partial charge on any atom is -0.436 e. The van der Waals surface area contributed by atoms with Gasteiger partial charge >= 0.3 is 0 Å².